The van der Waals surface area contributed by atoms with Crippen LogP contribution >= 0.6 is 0 Å². The molecule has 0 bridgehead atoms. The van der Waals surface area contributed by atoms with E-state index in [9.17, 15) is 18.5 Å². The maximum Gasteiger partial charge on any atom is 0.270 e. The molecule has 20 heavy (non-hydrogen) atoms. The number of nitro benzene ring substituents is 1. The predicted molar refractivity (Wildman–Crippen MR) is 73.9 cm³/mol. The first kappa shape index (κ1) is 14.9. The van der Waals surface area contributed by atoms with Crippen LogP contribution in [0.4, 0.5) is 5.69 Å². The highest BCUT2D eigenvalue weighted by Crippen LogP contribution is 2.23. The molecule has 1 N–H and O–H groups in total. The Balaban J connectivity index is 2.29. The monoisotopic (exact) mass is 299 g/mol. The summed E-state index contributed by atoms with van der Waals surface area (Å²) in [7, 11) is -2.19. The molecule has 1 aliphatic heterocycles. The van der Waals surface area contributed by atoms with Crippen LogP contribution < -0.4 is 5.32 Å². The molecule has 0 spiro atoms. The van der Waals surface area contributed by atoms with E-state index in [0.717, 1.165) is 25.5 Å². The van der Waals surface area contributed by atoms with Gasteiger partial charge in [-0.3, -0.25) is 10.1 Å². The SMILES string of the molecule is CN(C1CCCNC1)S(=O)(=O)c1cccc([N+](=O)[O-])c1. The maximum atomic E-state index is 12.5. The van der Waals surface area contributed by atoms with Crippen molar-refractivity contribution in [1.82, 2.24) is 9.62 Å². The molecule has 1 saturated heterocycles. The Hall–Kier alpha value is -1.51. The Labute approximate surface area is 117 Å². The van der Waals surface area contributed by atoms with Gasteiger partial charge >= 0.3 is 0 Å². The van der Waals surface area contributed by atoms with E-state index in [4.69, 9.17) is 0 Å². The zero-order valence-electron chi connectivity index (χ0n) is 11.2. The number of piperidine rings is 1. The van der Waals surface area contributed by atoms with Gasteiger partial charge < -0.3 is 5.32 Å². The molecule has 1 fully saturated rings. The lowest BCUT2D eigenvalue weighted by Crippen LogP contribution is -2.46. The third-order valence-corrected chi connectivity index (χ3v) is 5.40. The van der Waals surface area contributed by atoms with Crippen molar-refractivity contribution in [3.05, 3.63) is 34.4 Å². The molecule has 110 valence electrons. The Morgan fingerprint density at radius 3 is 2.80 bits per heavy atom. The lowest BCUT2D eigenvalue weighted by molar-refractivity contribution is -0.385. The van der Waals surface area contributed by atoms with Gasteiger partial charge in [0.05, 0.1) is 9.82 Å². The number of likely N-dealkylation sites (N-methyl/N-ethyl adjacent to an activating group) is 1. The molecular formula is C12H17N3O4S. The molecule has 0 aliphatic carbocycles. The van der Waals surface area contributed by atoms with Crippen molar-refractivity contribution >= 4 is 15.7 Å². The summed E-state index contributed by atoms with van der Waals surface area (Å²) < 4.78 is 26.3. The van der Waals surface area contributed by atoms with E-state index >= 15 is 0 Å². The normalized spacial score (nSPS) is 20.0. The summed E-state index contributed by atoms with van der Waals surface area (Å²) in [5, 5.41) is 13.9. The van der Waals surface area contributed by atoms with E-state index in [2.05, 4.69) is 5.32 Å². The van der Waals surface area contributed by atoms with E-state index in [1.54, 1.807) is 0 Å². The molecule has 1 aromatic carbocycles. The third-order valence-electron chi connectivity index (χ3n) is 3.49. The van der Waals surface area contributed by atoms with Crippen LogP contribution in [-0.2, 0) is 10.0 Å². The smallest absolute Gasteiger partial charge is 0.270 e. The molecule has 8 heteroatoms. The predicted octanol–water partition coefficient (Wildman–Crippen LogP) is 0.967. The van der Waals surface area contributed by atoms with Gasteiger partial charge in [-0.25, -0.2) is 8.42 Å². The summed E-state index contributed by atoms with van der Waals surface area (Å²) in [5.41, 5.74) is -0.221. The van der Waals surface area contributed by atoms with Crippen LogP contribution in [0, 0.1) is 10.1 Å². The van der Waals surface area contributed by atoms with E-state index in [-0.39, 0.29) is 16.6 Å². The van der Waals surface area contributed by atoms with Gasteiger partial charge in [0.2, 0.25) is 10.0 Å². The average molecular weight is 299 g/mol. The van der Waals surface area contributed by atoms with Crippen molar-refractivity contribution < 1.29 is 13.3 Å². The number of non-ortho nitro benzene ring substituents is 1. The second kappa shape index (κ2) is 5.86. The average Bonchev–Trinajstić information content (AvgIpc) is 2.47. The Morgan fingerprint density at radius 2 is 2.20 bits per heavy atom. The minimum Gasteiger partial charge on any atom is -0.315 e. The van der Waals surface area contributed by atoms with Gasteiger partial charge in [0.15, 0.2) is 0 Å². The number of nitro groups is 1. The standard InChI is InChI=1S/C12H17N3O4S/c1-14(11-5-3-7-13-9-11)20(18,19)12-6-2-4-10(8-12)15(16)17/h2,4,6,8,11,13H,3,5,7,9H2,1H3. The third kappa shape index (κ3) is 2.97. The molecule has 0 radical (unpaired) electrons. The van der Waals surface area contributed by atoms with Gasteiger partial charge in [-0.15, -0.1) is 0 Å². The van der Waals surface area contributed by atoms with E-state index in [1.165, 1.54) is 29.6 Å². The Kier molecular flexibility index (Phi) is 4.36. The molecule has 1 unspecified atom stereocenters. The summed E-state index contributed by atoms with van der Waals surface area (Å²) in [6.45, 7) is 1.49. The van der Waals surface area contributed by atoms with Crippen LogP contribution in [0.25, 0.3) is 0 Å². The van der Waals surface area contributed by atoms with Crippen molar-refractivity contribution in [2.75, 3.05) is 20.1 Å². The van der Waals surface area contributed by atoms with Gasteiger partial charge in [-0.2, -0.15) is 4.31 Å². The van der Waals surface area contributed by atoms with Crippen LogP contribution in [0.3, 0.4) is 0 Å². The Bertz CT molecular complexity index is 596. The Morgan fingerprint density at radius 1 is 1.45 bits per heavy atom. The minimum absolute atomic E-state index is 0.0419. The van der Waals surface area contributed by atoms with Gasteiger partial charge in [0.1, 0.15) is 0 Å². The van der Waals surface area contributed by atoms with Crippen molar-refractivity contribution in [3.8, 4) is 0 Å². The zero-order valence-corrected chi connectivity index (χ0v) is 12.0. The van der Waals surface area contributed by atoms with Crippen LogP contribution in [0.5, 0.6) is 0 Å². The van der Waals surface area contributed by atoms with Gasteiger partial charge in [-0.05, 0) is 25.5 Å². The fourth-order valence-corrected chi connectivity index (χ4v) is 3.69. The second-order valence-corrected chi connectivity index (χ2v) is 6.77. The summed E-state index contributed by atoms with van der Waals surface area (Å²) in [5.74, 6) is 0. The van der Waals surface area contributed by atoms with E-state index < -0.39 is 14.9 Å². The molecule has 1 aromatic rings. The first-order valence-corrected chi connectivity index (χ1v) is 7.80. The number of sulfonamides is 1. The first-order chi connectivity index (χ1) is 9.43. The fourth-order valence-electron chi connectivity index (χ4n) is 2.26. The molecule has 1 atom stereocenters. The van der Waals surface area contributed by atoms with Crippen LogP contribution in [-0.4, -0.2) is 43.8 Å². The summed E-state index contributed by atoms with van der Waals surface area (Å²) in [6.07, 6.45) is 1.71. The van der Waals surface area contributed by atoms with E-state index in [0.29, 0.717) is 6.54 Å². The molecule has 7 nitrogen and oxygen atoms in total. The number of hydrogen-bond donors (Lipinski definition) is 1. The maximum absolute atomic E-state index is 12.5. The van der Waals surface area contributed by atoms with E-state index in [1.807, 2.05) is 0 Å². The number of benzene rings is 1. The molecule has 0 aromatic heterocycles. The van der Waals surface area contributed by atoms with Crippen LogP contribution in [0.2, 0.25) is 0 Å². The van der Waals surface area contributed by atoms with Crippen LogP contribution in [0.15, 0.2) is 29.2 Å². The highest BCUT2D eigenvalue weighted by Gasteiger charge is 2.29. The molecule has 0 saturated carbocycles. The van der Waals surface area contributed by atoms with Gasteiger partial charge in [-0.1, -0.05) is 6.07 Å². The van der Waals surface area contributed by atoms with Gasteiger partial charge in [0, 0.05) is 31.8 Å². The second-order valence-electron chi connectivity index (χ2n) is 4.78. The van der Waals surface area contributed by atoms with Crippen molar-refractivity contribution in [2.24, 2.45) is 0 Å². The minimum atomic E-state index is -3.71. The molecule has 2 rings (SSSR count). The molecule has 1 aliphatic rings. The topological polar surface area (TPSA) is 92.6 Å². The lowest BCUT2D eigenvalue weighted by atomic mass is 10.1. The van der Waals surface area contributed by atoms with Crippen molar-refractivity contribution in [2.45, 2.75) is 23.8 Å². The highest BCUT2D eigenvalue weighted by atomic mass is 32.2. The number of nitrogens with zero attached hydrogens (tertiary/aromatic N) is 2. The largest absolute Gasteiger partial charge is 0.315 e. The molecular weight excluding hydrogens is 282 g/mol. The number of rotatable bonds is 4. The number of hydrogen-bond acceptors (Lipinski definition) is 5. The van der Waals surface area contributed by atoms with Crippen molar-refractivity contribution in [3.63, 3.8) is 0 Å². The van der Waals surface area contributed by atoms with Crippen LogP contribution in [0.1, 0.15) is 12.8 Å². The number of nitrogens with one attached hydrogen (secondary N) is 1. The quantitative estimate of drug-likeness (QED) is 0.660. The van der Waals surface area contributed by atoms with Gasteiger partial charge in [0.25, 0.3) is 5.69 Å². The lowest BCUT2D eigenvalue weighted by Gasteiger charge is -2.30. The summed E-state index contributed by atoms with van der Waals surface area (Å²) >= 11 is 0. The highest BCUT2D eigenvalue weighted by molar-refractivity contribution is 7.89. The van der Waals surface area contributed by atoms with Crippen molar-refractivity contribution in [1.29, 1.82) is 0 Å². The molecule has 0 amide bonds. The fraction of sp³-hybridized carbons (Fsp3) is 0.500. The summed E-state index contributed by atoms with van der Waals surface area (Å²) in [6, 6.07) is 5.03. The summed E-state index contributed by atoms with van der Waals surface area (Å²) in [4.78, 5) is 10.1. The molecule has 1 heterocycles. The zero-order chi connectivity index (χ0) is 14.8. The first-order valence-electron chi connectivity index (χ1n) is 6.36.